The Morgan fingerprint density at radius 3 is 2.54 bits per heavy atom. The topological polar surface area (TPSA) is 62.6 Å². The predicted molar refractivity (Wildman–Crippen MR) is 100 cm³/mol. The normalized spacial score (nSPS) is 13.9. The molecule has 4 rings (SSSR count). The highest BCUT2D eigenvalue weighted by Gasteiger charge is 2.29. The number of carbonyl (C=O) groups excluding carboxylic acids is 2. The summed E-state index contributed by atoms with van der Waals surface area (Å²) in [6.45, 7) is -0.0296. The second-order valence-electron chi connectivity index (χ2n) is 5.90. The Morgan fingerprint density at radius 1 is 1.00 bits per heavy atom. The molecule has 0 fully saturated rings. The van der Waals surface area contributed by atoms with E-state index >= 15 is 0 Å². The molecule has 0 bridgehead atoms. The molecule has 0 unspecified atom stereocenters. The van der Waals surface area contributed by atoms with Gasteiger partial charge in [0.15, 0.2) is 0 Å². The van der Waals surface area contributed by atoms with Crippen molar-refractivity contribution in [2.75, 3.05) is 16.8 Å². The van der Waals surface area contributed by atoms with Gasteiger partial charge in [-0.3, -0.25) is 14.5 Å². The van der Waals surface area contributed by atoms with Crippen LogP contribution in [0.25, 0.3) is 11.6 Å². The molecule has 26 heavy (non-hydrogen) atoms. The number of amides is 2. The maximum Gasteiger partial charge on any atom is 0.259 e. The zero-order valence-corrected chi connectivity index (χ0v) is 13.9. The van der Waals surface area contributed by atoms with Crippen molar-refractivity contribution in [3.63, 3.8) is 0 Å². The molecule has 2 aromatic carbocycles. The molecule has 5 nitrogen and oxygen atoms in total. The lowest BCUT2D eigenvalue weighted by Gasteiger charge is -2.30. The molecule has 5 heteroatoms. The van der Waals surface area contributed by atoms with Crippen molar-refractivity contribution in [2.24, 2.45) is 0 Å². The fraction of sp³-hybridized carbons (Fsp3) is 0.0476. The second kappa shape index (κ2) is 6.72. The summed E-state index contributed by atoms with van der Waals surface area (Å²) >= 11 is 0. The highest BCUT2D eigenvalue weighted by molar-refractivity contribution is 6.32. The van der Waals surface area contributed by atoms with E-state index in [2.05, 4.69) is 5.32 Å². The highest BCUT2D eigenvalue weighted by atomic mass is 16.3. The smallest absolute Gasteiger partial charge is 0.259 e. The number of hydrogen-bond acceptors (Lipinski definition) is 3. The van der Waals surface area contributed by atoms with E-state index < -0.39 is 0 Å². The van der Waals surface area contributed by atoms with Crippen LogP contribution in [-0.4, -0.2) is 18.4 Å². The SMILES string of the molecule is O=C1CN(C(=O)/C(=C/c2ccco2)c2ccccc2)c2ccccc2N1. The monoisotopic (exact) mass is 344 g/mol. The predicted octanol–water partition coefficient (Wildman–Crippen LogP) is 3.81. The van der Waals surface area contributed by atoms with E-state index in [1.165, 1.54) is 4.90 Å². The number of carbonyl (C=O) groups is 2. The standard InChI is InChI=1S/C21H16N2O3/c24-20-14-23(19-11-5-4-10-18(19)22-20)21(25)17(13-16-9-6-12-26-16)15-7-2-1-3-8-15/h1-13H,14H2,(H,22,24)/b17-13+. The Bertz CT molecular complexity index is 976. The van der Waals surface area contributed by atoms with Crippen molar-refractivity contribution in [2.45, 2.75) is 0 Å². The molecule has 0 radical (unpaired) electrons. The van der Waals surface area contributed by atoms with Gasteiger partial charge in [0.2, 0.25) is 5.91 Å². The van der Waals surface area contributed by atoms with E-state index in [1.54, 1.807) is 30.5 Å². The number of fused-ring (bicyclic) bond motifs is 1. The molecule has 2 heterocycles. The fourth-order valence-electron chi connectivity index (χ4n) is 2.96. The summed E-state index contributed by atoms with van der Waals surface area (Å²) < 4.78 is 5.39. The average Bonchev–Trinajstić information content (AvgIpc) is 3.19. The Balaban J connectivity index is 1.80. The number of rotatable bonds is 3. The largest absolute Gasteiger partial charge is 0.465 e. The molecule has 1 aromatic heterocycles. The molecule has 1 aliphatic rings. The van der Waals surface area contributed by atoms with E-state index in [0.29, 0.717) is 22.7 Å². The van der Waals surface area contributed by atoms with E-state index in [-0.39, 0.29) is 18.4 Å². The zero-order chi connectivity index (χ0) is 17.9. The van der Waals surface area contributed by atoms with Gasteiger partial charge in [-0.15, -0.1) is 0 Å². The fourth-order valence-corrected chi connectivity index (χ4v) is 2.96. The van der Waals surface area contributed by atoms with Gasteiger partial charge in [0.05, 0.1) is 23.2 Å². The van der Waals surface area contributed by atoms with E-state index in [9.17, 15) is 9.59 Å². The lowest BCUT2D eigenvalue weighted by Crippen LogP contribution is -2.42. The Hall–Kier alpha value is -3.60. The first kappa shape index (κ1) is 15.9. The molecule has 0 spiro atoms. The van der Waals surface area contributed by atoms with Gasteiger partial charge in [-0.2, -0.15) is 0 Å². The lowest BCUT2D eigenvalue weighted by atomic mass is 10.0. The third-order valence-electron chi connectivity index (χ3n) is 4.16. The van der Waals surface area contributed by atoms with Crippen LogP contribution in [0, 0.1) is 0 Å². The first-order chi connectivity index (χ1) is 12.7. The summed E-state index contributed by atoms with van der Waals surface area (Å²) in [5.41, 5.74) is 2.53. The summed E-state index contributed by atoms with van der Waals surface area (Å²) in [7, 11) is 0. The summed E-state index contributed by atoms with van der Waals surface area (Å²) in [6.07, 6.45) is 3.26. The molecule has 0 saturated heterocycles. The molecular weight excluding hydrogens is 328 g/mol. The Morgan fingerprint density at radius 2 is 1.77 bits per heavy atom. The Labute approximate surface area is 150 Å². The zero-order valence-electron chi connectivity index (χ0n) is 13.9. The molecule has 0 saturated carbocycles. The Kier molecular flexibility index (Phi) is 4.11. The summed E-state index contributed by atoms with van der Waals surface area (Å²) in [5.74, 6) is 0.101. The average molecular weight is 344 g/mol. The number of para-hydroxylation sites is 2. The van der Waals surface area contributed by atoms with Crippen LogP contribution in [-0.2, 0) is 9.59 Å². The minimum Gasteiger partial charge on any atom is -0.465 e. The maximum atomic E-state index is 13.4. The van der Waals surface area contributed by atoms with Gasteiger partial charge in [-0.25, -0.2) is 0 Å². The number of benzene rings is 2. The van der Waals surface area contributed by atoms with Crippen molar-refractivity contribution in [3.8, 4) is 0 Å². The first-order valence-electron chi connectivity index (χ1n) is 8.24. The van der Waals surface area contributed by atoms with Crippen LogP contribution < -0.4 is 10.2 Å². The van der Waals surface area contributed by atoms with Gasteiger partial charge in [0.25, 0.3) is 5.91 Å². The van der Waals surface area contributed by atoms with Gasteiger partial charge in [-0.05, 0) is 35.9 Å². The molecule has 3 aromatic rings. The van der Waals surface area contributed by atoms with Crippen molar-refractivity contribution in [1.82, 2.24) is 0 Å². The highest BCUT2D eigenvalue weighted by Crippen LogP contribution is 2.32. The van der Waals surface area contributed by atoms with Crippen molar-refractivity contribution >= 4 is 34.8 Å². The van der Waals surface area contributed by atoms with Crippen LogP contribution in [0.4, 0.5) is 11.4 Å². The van der Waals surface area contributed by atoms with E-state index in [0.717, 1.165) is 5.56 Å². The van der Waals surface area contributed by atoms with E-state index in [4.69, 9.17) is 4.42 Å². The first-order valence-corrected chi connectivity index (χ1v) is 8.24. The van der Waals surface area contributed by atoms with Gasteiger partial charge in [0, 0.05) is 0 Å². The third-order valence-corrected chi connectivity index (χ3v) is 4.16. The minimum atomic E-state index is -0.255. The molecule has 1 N–H and O–H groups in total. The van der Waals surface area contributed by atoms with Crippen LogP contribution in [0.15, 0.2) is 77.4 Å². The molecule has 128 valence electrons. The minimum absolute atomic E-state index is 0.0296. The van der Waals surface area contributed by atoms with Gasteiger partial charge >= 0.3 is 0 Å². The molecule has 0 aliphatic carbocycles. The van der Waals surface area contributed by atoms with E-state index in [1.807, 2.05) is 48.5 Å². The van der Waals surface area contributed by atoms with Gasteiger partial charge in [-0.1, -0.05) is 42.5 Å². The number of nitrogens with one attached hydrogen (secondary N) is 1. The molecule has 0 atom stereocenters. The van der Waals surface area contributed by atoms with Crippen molar-refractivity contribution < 1.29 is 14.0 Å². The molecule has 1 aliphatic heterocycles. The number of nitrogens with zero attached hydrogens (tertiary/aromatic N) is 1. The number of hydrogen-bond donors (Lipinski definition) is 1. The summed E-state index contributed by atoms with van der Waals surface area (Å²) in [5, 5.41) is 2.80. The van der Waals surface area contributed by atoms with Gasteiger partial charge < -0.3 is 9.73 Å². The van der Waals surface area contributed by atoms with Crippen molar-refractivity contribution in [1.29, 1.82) is 0 Å². The quantitative estimate of drug-likeness (QED) is 0.735. The lowest BCUT2D eigenvalue weighted by molar-refractivity contribution is -0.118. The van der Waals surface area contributed by atoms with Crippen molar-refractivity contribution in [3.05, 3.63) is 84.3 Å². The molecule has 2 amide bonds. The van der Waals surface area contributed by atoms with Crippen LogP contribution >= 0.6 is 0 Å². The third kappa shape index (κ3) is 3.02. The second-order valence-corrected chi connectivity index (χ2v) is 5.90. The summed E-state index contributed by atoms with van der Waals surface area (Å²) in [6, 6.07) is 20.2. The maximum absolute atomic E-state index is 13.4. The number of anilines is 2. The number of furan rings is 1. The molecular formula is C21H16N2O3. The van der Waals surface area contributed by atoms with Crippen LogP contribution in [0.2, 0.25) is 0 Å². The van der Waals surface area contributed by atoms with Crippen LogP contribution in [0.3, 0.4) is 0 Å². The summed E-state index contributed by atoms with van der Waals surface area (Å²) in [4.78, 5) is 26.9. The van der Waals surface area contributed by atoms with Crippen LogP contribution in [0.5, 0.6) is 0 Å². The van der Waals surface area contributed by atoms with Crippen LogP contribution in [0.1, 0.15) is 11.3 Å². The van der Waals surface area contributed by atoms with Gasteiger partial charge in [0.1, 0.15) is 12.3 Å².